The van der Waals surface area contributed by atoms with Gasteiger partial charge in [0.05, 0.1) is 0 Å². The summed E-state index contributed by atoms with van der Waals surface area (Å²) < 4.78 is 0. The maximum Gasteiger partial charge on any atom is -0.0155 e. The third kappa shape index (κ3) is 3.27. The number of hydrogen-bond donors (Lipinski definition) is 0. The summed E-state index contributed by atoms with van der Waals surface area (Å²) in [7, 11) is 0. The molecular weight excluding hydrogens is 240 g/mol. The molecule has 0 heteroatoms. The Morgan fingerprint density at radius 3 is 1.60 bits per heavy atom. The molecule has 0 radical (unpaired) electrons. The summed E-state index contributed by atoms with van der Waals surface area (Å²) in [4.78, 5) is 0. The van der Waals surface area contributed by atoms with Crippen molar-refractivity contribution >= 4 is 10.8 Å². The Kier molecular flexibility index (Phi) is 4.57. The first kappa shape index (κ1) is 14.3. The zero-order chi connectivity index (χ0) is 14.5. The van der Waals surface area contributed by atoms with Gasteiger partial charge in [0.1, 0.15) is 0 Å². The fourth-order valence-electron chi connectivity index (χ4n) is 2.29. The molecule has 3 aromatic carbocycles. The van der Waals surface area contributed by atoms with Gasteiger partial charge in [-0.3, -0.25) is 0 Å². The first-order valence-corrected chi connectivity index (χ1v) is 7.07. The van der Waals surface area contributed by atoms with E-state index in [0.29, 0.717) is 0 Å². The number of rotatable bonds is 0. The van der Waals surface area contributed by atoms with Gasteiger partial charge in [-0.15, -0.1) is 0 Å². The first-order chi connectivity index (χ1) is 9.59. The summed E-state index contributed by atoms with van der Waals surface area (Å²) in [6.45, 7) is 8.58. The molecule has 102 valence electrons. The van der Waals surface area contributed by atoms with Crippen LogP contribution in [-0.2, 0) is 0 Å². The van der Waals surface area contributed by atoms with Crippen LogP contribution in [0.4, 0.5) is 0 Å². The Labute approximate surface area is 122 Å². The number of aryl methyl sites for hydroxylation is 3. The van der Waals surface area contributed by atoms with Crippen LogP contribution in [0.3, 0.4) is 0 Å². The fourth-order valence-corrected chi connectivity index (χ4v) is 2.29. The molecule has 0 atom stereocenters. The Morgan fingerprint density at radius 2 is 1.00 bits per heavy atom. The Hall–Kier alpha value is -2.08. The highest BCUT2D eigenvalue weighted by atomic mass is 14.0. The molecule has 0 aliphatic heterocycles. The fraction of sp³-hybridized carbons (Fsp3) is 0.200. The van der Waals surface area contributed by atoms with Crippen LogP contribution in [-0.4, -0.2) is 0 Å². The van der Waals surface area contributed by atoms with Crippen LogP contribution in [0.2, 0.25) is 0 Å². The third-order valence-electron chi connectivity index (χ3n) is 3.88. The van der Waals surface area contributed by atoms with Crippen molar-refractivity contribution in [3.63, 3.8) is 0 Å². The van der Waals surface area contributed by atoms with Gasteiger partial charge in [-0.1, -0.05) is 60.7 Å². The zero-order valence-electron chi connectivity index (χ0n) is 12.8. The van der Waals surface area contributed by atoms with Crippen molar-refractivity contribution in [2.75, 3.05) is 0 Å². The molecule has 0 spiro atoms. The van der Waals surface area contributed by atoms with Gasteiger partial charge in [-0.2, -0.15) is 0 Å². The lowest BCUT2D eigenvalue weighted by atomic mass is 10.1. The molecule has 20 heavy (non-hydrogen) atoms. The van der Waals surface area contributed by atoms with Crippen LogP contribution in [0, 0.1) is 27.7 Å². The standard InChI is InChI=1S/C11H10.C9H12/c1-9-5-4-7-10-6-2-3-8-11(9)10;1-7-5-4-6-8(2)9(7)3/h2-8H,1H3;4-6H,1-3H3. The minimum Gasteiger partial charge on any atom is -0.0617 e. The van der Waals surface area contributed by atoms with Gasteiger partial charge in [0.15, 0.2) is 0 Å². The van der Waals surface area contributed by atoms with Crippen LogP contribution < -0.4 is 0 Å². The molecule has 0 fully saturated rings. The maximum atomic E-state index is 2.16. The van der Waals surface area contributed by atoms with Gasteiger partial charge in [-0.25, -0.2) is 0 Å². The second kappa shape index (κ2) is 6.38. The predicted octanol–water partition coefficient (Wildman–Crippen LogP) is 5.76. The molecule has 0 saturated heterocycles. The van der Waals surface area contributed by atoms with E-state index in [9.17, 15) is 0 Å². The topological polar surface area (TPSA) is 0 Å². The maximum absolute atomic E-state index is 2.16. The van der Waals surface area contributed by atoms with E-state index in [2.05, 4.69) is 88.4 Å². The molecule has 0 saturated carbocycles. The van der Waals surface area contributed by atoms with E-state index < -0.39 is 0 Å². The Balaban J connectivity index is 0.000000151. The molecule has 0 amide bonds. The molecule has 0 aliphatic rings. The molecule has 0 heterocycles. The Morgan fingerprint density at radius 1 is 0.500 bits per heavy atom. The van der Waals surface area contributed by atoms with Crippen molar-refractivity contribution in [2.45, 2.75) is 27.7 Å². The smallest absolute Gasteiger partial charge is 0.0155 e. The van der Waals surface area contributed by atoms with E-state index in [0.717, 1.165) is 0 Å². The lowest BCUT2D eigenvalue weighted by molar-refractivity contribution is 1.27. The molecule has 0 unspecified atom stereocenters. The molecular formula is C20H22. The quantitative estimate of drug-likeness (QED) is 0.483. The van der Waals surface area contributed by atoms with Gasteiger partial charge in [0.25, 0.3) is 0 Å². The number of hydrogen-bond acceptors (Lipinski definition) is 0. The van der Waals surface area contributed by atoms with Crippen molar-refractivity contribution in [2.24, 2.45) is 0 Å². The van der Waals surface area contributed by atoms with Crippen molar-refractivity contribution in [1.29, 1.82) is 0 Å². The molecule has 3 aromatic rings. The van der Waals surface area contributed by atoms with E-state index in [1.54, 1.807) is 0 Å². The van der Waals surface area contributed by atoms with Crippen LogP contribution in [0.15, 0.2) is 60.7 Å². The van der Waals surface area contributed by atoms with Gasteiger partial charge >= 0.3 is 0 Å². The molecule has 0 nitrogen and oxygen atoms in total. The second-order valence-electron chi connectivity index (χ2n) is 5.31. The van der Waals surface area contributed by atoms with Crippen molar-refractivity contribution in [1.82, 2.24) is 0 Å². The summed E-state index contributed by atoms with van der Waals surface area (Å²) in [5, 5.41) is 2.68. The van der Waals surface area contributed by atoms with E-state index in [-0.39, 0.29) is 0 Å². The third-order valence-corrected chi connectivity index (χ3v) is 3.88. The van der Waals surface area contributed by atoms with E-state index >= 15 is 0 Å². The van der Waals surface area contributed by atoms with Gasteiger partial charge in [-0.05, 0) is 60.7 Å². The second-order valence-corrected chi connectivity index (χ2v) is 5.31. The lowest BCUT2D eigenvalue weighted by Crippen LogP contribution is -1.82. The summed E-state index contributed by atoms with van der Waals surface area (Å²) in [5.74, 6) is 0. The molecule has 0 bridgehead atoms. The van der Waals surface area contributed by atoms with Crippen LogP contribution in [0.5, 0.6) is 0 Å². The van der Waals surface area contributed by atoms with Crippen LogP contribution >= 0.6 is 0 Å². The summed E-state index contributed by atoms with van der Waals surface area (Å²) in [5.41, 5.74) is 5.53. The van der Waals surface area contributed by atoms with E-state index in [4.69, 9.17) is 0 Å². The SMILES string of the molecule is Cc1cccc(C)c1C.Cc1cccc2ccccc12. The van der Waals surface area contributed by atoms with Gasteiger partial charge < -0.3 is 0 Å². The van der Waals surface area contributed by atoms with Gasteiger partial charge in [0, 0.05) is 0 Å². The largest absolute Gasteiger partial charge is 0.0617 e. The summed E-state index contributed by atoms with van der Waals surface area (Å²) in [6, 6.07) is 21.2. The predicted molar refractivity (Wildman–Crippen MR) is 89.3 cm³/mol. The molecule has 0 aromatic heterocycles. The first-order valence-electron chi connectivity index (χ1n) is 7.07. The molecule has 0 N–H and O–H groups in total. The van der Waals surface area contributed by atoms with Gasteiger partial charge in [0.2, 0.25) is 0 Å². The van der Waals surface area contributed by atoms with E-state index in [1.807, 2.05) is 0 Å². The number of benzene rings is 3. The minimum absolute atomic E-state index is 1.33. The molecule has 0 aliphatic carbocycles. The van der Waals surface area contributed by atoms with Crippen molar-refractivity contribution < 1.29 is 0 Å². The normalized spacial score (nSPS) is 10.0. The Bertz CT molecular complexity index is 683. The monoisotopic (exact) mass is 262 g/mol. The van der Waals surface area contributed by atoms with E-state index in [1.165, 1.54) is 33.0 Å². The zero-order valence-corrected chi connectivity index (χ0v) is 12.8. The lowest BCUT2D eigenvalue weighted by Gasteiger charge is -2.00. The summed E-state index contributed by atoms with van der Waals surface area (Å²) >= 11 is 0. The highest BCUT2D eigenvalue weighted by Crippen LogP contribution is 2.16. The van der Waals surface area contributed by atoms with Crippen LogP contribution in [0.1, 0.15) is 22.3 Å². The summed E-state index contributed by atoms with van der Waals surface area (Å²) in [6.07, 6.45) is 0. The van der Waals surface area contributed by atoms with Crippen molar-refractivity contribution in [3.8, 4) is 0 Å². The highest BCUT2D eigenvalue weighted by Gasteiger charge is 1.92. The molecule has 3 rings (SSSR count). The average Bonchev–Trinajstić information content (AvgIpc) is 2.46. The van der Waals surface area contributed by atoms with Crippen molar-refractivity contribution in [3.05, 3.63) is 82.9 Å². The minimum atomic E-state index is 1.33. The number of fused-ring (bicyclic) bond motifs is 1. The van der Waals surface area contributed by atoms with Crippen LogP contribution in [0.25, 0.3) is 10.8 Å². The average molecular weight is 262 g/mol. The highest BCUT2D eigenvalue weighted by molar-refractivity contribution is 5.85.